The van der Waals surface area contributed by atoms with Gasteiger partial charge >= 0.3 is 0 Å². The molecule has 1 aromatic rings. The third kappa shape index (κ3) is 4.54. The van der Waals surface area contributed by atoms with Gasteiger partial charge in [0.05, 0.1) is 0 Å². The molecule has 0 bridgehead atoms. The van der Waals surface area contributed by atoms with E-state index in [4.69, 9.17) is 4.74 Å². The lowest BCUT2D eigenvalue weighted by molar-refractivity contribution is 0.148. The van der Waals surface area contributed by atoms with E-state index >= 15 is 0 Å². The minimum absolute atomic E-state index is 0.255. The van der Waals surface area contributed by atoms with Crippen molar-refractivity contribution in [2.24, 2.45) is 5.92 Å². The van der Waals surface area contributed by atoms with Crippen LogP contribution in [0, 0.1) is 5.92 Å². The molecule has 0 amide bonds. The topological polar surface area (TPSA) is 21.3 Å². The molecule has 0 heterocycles. The Morgan fingerprint density at radius 1 is 1.11 bits per heavy atom. The molecule has 0 aromatic heterocycles. The first-order chi connectivity index (χ1) is 9.06. The van der Waals surface area contributed by atoms with Gasteiger partial charge in [0.25, 0.3) is 0 Å². The van der Waals surface area contributed by atoms with Crippen LogP contribution in [0.25, 0.3) is 0 Å². The standard InChI is InChI=1S/C17H27NO/c1-12(2)14-5-9-16(10-6-14)19-17(13(3)4)11-18-15-7-8-15/h5-6,9-10,12-13,15,17-18H,7-8,11H2,1-4H3. The van der Waals surface area contributed by atoms with Crippen molar-refractivity contribution in [3.63, 3.8) is 0 Å². The summed E-state index contributed by atoms with van der Waals surface area (Å²) in [6.45, 7) is 9.83. The van der Waals surface area contributed by atoms with Crippen molar-refractivity contribution in [2.75, 3.05) is 6.54 Å². The number of nitrogens with one attached hydrogen (secondary N) is 1. The molecule has 1 N–H and O–H groups in total. The molecule has 2 nitrogen and oxygen atoms in total. The zero-order valence-corrected chi connectivity index (χ0v) is 12.6. The molecule has 2 rings (SSSR count). The number of benzene rings is 1. The molecular formula is C17H27NO. The van der Waals surface area contributed by atoms with Crippen molar-refractivity contribution >= 4 is 0 Å². The number of hydrogen-bond acceptors (Lipinski definition) is 2. The summed E-state index contributed by atoms with van der Waals surface area (Å²) in [5, 5.41) is 3.56. The Kier molecular flexibility index (Phi) is 4.87. The van der Waals surface area contributed by atoms with E-state index in [1.165, 1.54) is 18.4 Å². The minimum Gasteiger partial charge on any atom is -0.489 e. The predicted octanol–water partition coefficient (Wildman–Crippen LogP) is 3.97. The maximum absolute atomic E-state index is 6.13. The molecule has 0 spiro atoms. The van der Waals surface area contributed by atoms with Gasteiger partial charge in [0, 0.05) is 12.6 Å². The Morgan fingerprint density at radius 2 is 1.74 bits per heavy atom. The molecule has 1 aromatic carbocycles. The first kappa shape index (κ1) is 14.4. The summed E-state index contributed by atoms with van der Waals surface area (Å²) in [5.74, 6) is 2.09. The number of ether oxygens (including phenoxy) is 1. The van der Waals surface area contributed by atoms with Gasteiger partial charge in [-0.3, -0.25) is 0 Å². The van der Waals surface area contributed by atoms with Gasteiger partial charge < -0.3 is 10.1 Å². The highest BCUT2D eigenvalue weighted by Crippen LogP contribution is 2.22. The lowest BCUT2D eigenvalue weighted by Gasteiger charge is -2.23. The van der Waals surface area contributed by atoms with E-state index in [0.717, 1.165) is 18.3 Å². The number of rotatable bonds is 7. The quantitative estimate of drug-likeness (QED) is 0.802. The molecule has 0 aliphatic heterocycles. The van der Waals surface area contributed by atoms with Gasteiger partial charge in [0.15, 0.2) is 0 Å². The van der Waals surface area contributed by atoms with Gasteiger partial charge in [0.1, 0.15) is 11.9 Å². The van der Waals surface area contributed by atoms with Crippen LogP contribution in [0.5, 0.6) is 5.75 Å². The monoisotopic (exact) mass is 261 g/mol. The van der Waals surface area contributed by atoms with Gasteiger partial charge in [-0.1, -0.05) is 39.8 Å². The van der Waals surface area contributed by atoms with Gasteiger partial charge in [-0.05, 0) is 42.4 Å². The molecule has 1 fully saturated rings. The molecule has 1 unspecified atom stereocenters. The summed E-state index contributed by atoms with van der Waals surface area (Å²) >= 11 is 0. The summed E-state index contributed by atoms with van der Waals surface area (Å²) in [7, 11) is 0. The summed E-state index contributed by atoms with van der Waals surface area (Å²) < 4.78 is 6.13. The van der Waals surface area contributed by atoms with Crippen molar-refractivity contribution in [3.8, 4) is 5.75 Å². The fraction of sp³-hybridized carbons (Fsp3) is 0.647. The fourth-order valence-electron chi connectivity index (χ4n) is 2.09. The highest BCUT2D eigenvalue weighted by molar-refractivity contribution is 5.29. The first-order valence-corrected chi connectivity index (χ1v) is 7.56. The van der Waals surface area contributed by atoms with Gasteiger partial charge in [0.2, 0.25) is 0 Å². The Labute approximate surface area is 117 Å². The maximum atomic E-state index is 6.13. The molecule has 1 aliphatic rings. The smallest absolute Gasteiger partial charge is 0.119 e. The SMILES string of the molecule is CC(C)c1ccc(OC(CNC2CC2)C(C)C)cc1. The Morgan fingerprint density at radius 3 is 2.21 bits per heavy atom. The minimum atomic E-state index is 0.255. The highest BCUT2D eigenvalue weighted by Gasteiger charge is 2.23. The van der Waals surface area contributed by atoms with E-state index in [9.17, 15) is 0 Å². The lowest BCUT2D eigenvalue weighted by Crippen LogP contribution is -2.36. The average molecular weight is 261 g/mol. The van der Waals surface area contributed by atoms with Crippen LogP contribution in [0.3, 0.4) is 0 Å². The zero-order chi connectivity index (χ0) is 13.8. The van der Waals surface area contributed by atoms with Gasteiger partial charge in [-0.2, -0.15) is 0 Å². The largest absolute Gasteiger partial charge is 0.489 e. The van der Waals surface area contributed by atoms with Crippen molar-refractivity contribution in [3.05, 3.63) is 29.8 Å². The van der Waals surface area contributed by atoms with Crippen LogP contribution in [0.1, 0.15) is 52.0 Å². The molecular weight excluding hydrogens is 234 g/mol. The summed E-state index contributed by atoms with van der Waals surface area (Å²) in [5.41, 5.74) is 1.37. The van der Waals surface area contributed by atoms with Crippen LogP contribution < -0.4 is 10.1 Å². The molecule has 1 atom stereocenters. The Hall–Kier alpha value is -1.02. The first-order valence-electron chi connectivity index (χ1n) is 7.56. The van der Waals surface area contributed by atoms with Gasteiger partial charge in [-0.15, -0.1) is 0 Å². The van der Waals surface area contributed by atoms with Crippen LogP contribution in [-0.2, 0) is 0 Å². The fourth-order valence-corrected chi connectivity index (χ4v) is 2.09. The third-order valence-corrected chi connectivity index (χ3v) is 3.76. The predicted molar refractivity (Wildman–Crippen MR) is 80.8 cm³/mol. The normalized spacial score (nSPS) is 16.9. The second-order valence-electron chi connectivity index (χ2n) is 6.31. The van der Waals surface area contributed by atoms with Gasteiger partial charge in [-0.25, -0.2) is 0 Å². The van der Waals surface area contributed by atoms with E-state index in [2.05, 4.69) is 57.3 Å². The Balaban J connectivity index is 1.91. The van der Waals surface area contributed by atoms with Crippen LogP contribution in [-0.4, -0.2) is 18.7 Å². The lowest BCUT2D eigenvalue weighted by atomic mass is 10.0. The van der Waals surface area contributed by atoms with Crippen LogP contribution in [0.15, 0.2) is 24.3 Å². The second kappa shape index (κ2) is 6.42. The summed E-state index contributed by atoms with van der Waals surface area (Å²) in [4.78, 5) is 0. The summed E-state index contributed by atoms with van der Waals surface area (Å²) in [6, 6.07) is 9.29. The van der Waals surface area contributed by atoms with Crippen LogP contribution >= 0.6 is 0 Å². The van der Waals surface area contributed by atoms with E-state index in [1.54, 1.807) is 0 Å². The third-order valence-electron chi connectivity index (χ3n) is 3.76. The summed E-state index contributed by atoms with van der Waals surface area (Å²) in [6.07, 6.45) is 2.91. The molecule has 106 valence electrons. The van der Waals surface area contributed by atoms with E-state index in [-0.39, 0.29) is 6.10 Å². The average Bonchev–Trinajstić information content (AvgIpc) is 3.18. The van der Waals surface area contributed by atoms with Crippen molar-refractivity contribution in [1.82, 2.24) is 5.32 Å². The van der Waals surface area contributed by atoms with Crippen LogP contribution in [0.2, 0.25) is 0 Å². The highest BCUT2D eigenvalue weighted by atomic mass is 16.5. The molecule has 19 heavy (non-hydrogen) atoms. The van der Waals surface area contributed by atoms with E-state index in [1.807, 2.05) is 0 Å². The van der Waals surface area contributed by atoms with Crippen molar-refractivity contribution in [1.29, 1.82) is 0 Å². The molecule has 2 heteroatoms. The maximum Gasteiger partial charge on any atom is 0.119 e. The van der Waals surface area contributed by atoms with Crippen LogP contribution in [0.4, 0.5) is 0 Å². The van der Waals surface area contributed by atoms with E-state index < -0.39 is 0 Å². The van der Waals surface area contributed by atoms with Crippen molar-refractivity contribution in [2.45, 2.75) is 58.6 Å². The second-order valence-corrected chi connectivity index (χ2v) is 6.31. The molecule has 1 aliphatic carbocycles. The number of hydrogen-bond donors (Lipinski definition) is 1. The Bertz CT molecular complexity index is 379. The molecule has 0 radical (unpaired) electrons. The zero-order valence-electron chi connectivity index (χ0n) is 12.6. The van der Waals surface area contributed by atoms with Crippen molar-refractivity contribution < 1.29 is 4.74 Å². The molecule has 1 saturated carbocycles. The van der Waals surface area contributed by atoms with E-state index in [0.29, 0.717) is 11.8 Å². The molecule has 0 saturated heterocycles.